The van der Waals surface area contributed by atoms with Crippen LogP contribution in [-0.2, 0) is 4.79 Å². The molecule has 0 fully saturated rings. The van der Waals surface area contributed by atoms with Crippen LogP contribution < -0.4 is 0 Å². The normalized spacial score (nSPS) is 14.9. The minimum absolute atomic E-state index is 0.142. The van der Waals surface area contributed by atoms with Gasteiger partial charge in [-0.1, -0.05) is 20.8 Å². The molecule has 0 atom stereocenters. The Labute approximate surface area is 108 Å². The van der Waals surface area contributed by atoms with Gasteiger partial charge in [-0.3, -0.25) is 9.59 Å². The number of hydrogen-bond acceptors (Lipinski definition) is 3. The molecule has 0 heterocycles. The predicted octanol–water partition coefficient (Wildman–Crippen LogP) is 3.05. The van der Waals surface area contributed by atoms with Crippen molar-refractivity contribution in [2.24, 2.45) is 5.41 Å². The summed E-state index contributed by atoms with van der Waals surface area (Å²) in [5.74, 6) is -4.29. The van der Waals surface area contributed by atoms with Crippen molar-refractivity contribution in [1.29, 1.82) is 0 Å². The van der Waals surface area contributed by atoms with Gasteiger partial charge < -0.3 is 5.11 Å². The van der Waals surface area contributed by atoms with Crippen molar-refractivity contribution in [3.8, 4) is 0 Å². The summed E-state index contributed by atoms with van der Waals surface area (Å²) in [6.45, 7) is 4.77. The summed E-state index contributed by atoms with van der Waals surface area (Å²) in [6.07, 6.45) is 0. The van der Waals surface area contributed by atoms with Crippen LogP contribution in [0.1, 0.15) is 36.7 Å². The molecule has 0 radical (unpaired) electrons. The predicted molar refractivity (Wildman–Crippen MR) is 64.7 cm³/mol. The van der Waals surface area contributed by atoms with Gasteiger partial charge in [-0.15, -0.1) is 0 Å². The van der Waals surface area contributed by atoms with Gasteiger partial charge in [-0.05, 0) is 12.1 Å². The molecule has 0 bridgehead atoms. The minimum atomic E-state index is -1.19. The summed E-state index contributed by atoms with van der Waals surface area (Å²) in [7, 11) is 0. The molecule has 0 aromatic heterocycles. The third-order valence-electron chi connectivity index (χ3n) is 2.93. The quantitative estimate of drug-likeness (QED) is 0.795. The van der Waals surface area contributed by atoms with Crippen LogP contribution in [0.5, 0.6) is 0 Å². The summed E-state index contributed by atoms with van der Waals surface area (Å²) < 4.78 is 26.3. The lowest BCUT2D eigenvalue weighted by atomic mass is 9.85. The van der Waals surface area contributed by atoms with E-state index < -0.39 is 39.9 Å². The Morgan fingerprint density at radius 2 is 1.58 bits per heavy atom. The Bertz CT molecular complexity index is 637. The number of carbonyl (C=O) groups excluding carboxylic acids is 2. The second-order valence-electron chi connectivity index (χ2n) is 5.44. The molecule has 2 rings (SSSR count). The number of benzene rings is 1. The molecule has 0 spiro atoms. The third kappa shape index (κ3) is 1.95. The van der Waals surface area contributed by atoms with Crippen molar-refractivity contribution in [2.75, 3.05) is 0 Å². The van der Waals surface area contributed by atoms with Gasteiger partial charge in [0.05, 0.1) is 0 Å². The Kier molecular flexibility index (Phi) is 2.81. The summed E-state index contributed by atoms with van der Waals surface area (Å²) >= 11 is 0. The first kappa shape index (κ1) is 13.4. The van der Waals surface area contributed by atoms with Crippen molar-refractivity contribution in [3.63, 3.8) is 0 Å². The van der Waals surface area contributed by atoms with Crippen LogP contribution in [0.2, 0.25) is 0 Å². The molecule has 0 aliphatic heterocycles. The maximum atomic E-state index is 13.1. The Balaban J connectivity index is 2.63. The topological polar surface area (TPSA) is 54.4 Å². The van der Waals surface area contributed by atoms with Gasteiger partial charge in [0, 0.05) is 16.5 Å². The van der Waals surface area contributed by atoms with Crippen molar-refractivity contribution < 1.29 is 23.5 Å². The fraction of sp³-hybridized carbons (Fsp3) is 0.286. The molecule has 0 saturated carbocycles. The van der Waals surface area contributed by atoms with E-state index in [9.17, 15) is 23.5 Å². The number of aliphatic hydroxyl groups is 1. The second-order valence-corrected chi connectivity index (χ2v) is 5.44. The minimum Gasteiger partial charge on any atom is -0.506 e. The average Bonchev–Trinajstić information content (AvgIpc) is 2.51. The maximum Gasteiger partial charge on any atom is 0.201 e. The van der Waals surface area contributed by atoms with Gasteiger partial charge >= 0.3 is 0 Å². The molecule has 0 unspecified atom stereocenters. The Hall–Kier alpha value is -2.04. The molecule has 1 N–H and O–H groups in total. The second kappa shape index (κ2) is 3.98. The van der Waals surface area contributed by atoms with Crippen LogP contribution >= 0.6 is 0 Å². The van der Waals surface area contributed by atoms with E-state index in [1.54, 1.807) is 20.8 Å². The number of allylic oxidation sites excluding steroid dienone is 1. The lowest BCUT2D eigenvalue weighted by molar-refractivity contribution is -0.122. The summed E-state index contributed by atoms with van der Waals surface area (Å²) in [5.41, 5.74) is -1.62. The number of halogens is 2. The lowest BCUT2D eigenvalue weighted by Gasteiger charge is -2.16. The monoisotopic (exact) mass is 266 g/mol. The number of rotatable bonds is 1. The van der Waals surface area contributed by atoms with Gasteiger partial charge in [0.15, 0.2) is 17.4 Å². The highest BCUT2D eigenvalue weighted by Gasteiger charge is 2.39. The van der Waals surface area contributed by atoms with Crippen molar-refractivity contribution in [2.45, 2.75) is 20.8 Å². The van der Waals surface area contributed by atoms with Crippen molar-refractivity contribution in [3.05, 3.63) is 40.5 Å². The first-order valence-electron chi connectivity index (χ1n) is 5.66. The first-order chi connectivity index (χ1) is 8.64. The molecule has 1 aliphatic rings. The zero-order valence-corrected chi connectivity index (χ0v) is 10.7. The molecule has 0 saturated heterocycles. The van der Waals surface area contributed by atoms with Gasteiger partial charge in [0.2, 0.25) is 5.78 Å². The van der Waals surface area contributed by atoms with Crippen molar-refractivity contribution >= 4 is 17.3 Å². The van der Waals surface area contributed by atoms with Crippen LogP contribution in [0.25, 0.3) is 5.76 Å². The van der Waals surface area contributed by atoms with Gasteiger partial charge in [0.25, 0.3) is 0 Å². The van der Waals surface area contributed by atoms with E-state index in [1.807, 2.05) is 0 Å². The molecule has 1 aromatic rings. The molecule has 3 nitrogen and oxygen atoms in total. The molecule has 19 heavy (non-hydrogen) atoms. The molecule has 100 valence electrons. The van der Waals surface area contributed by atoms with Crippen LogP contribution in [0.4, 0.5) is 8.78 Å². The number of aliphatic hydroxyl groups excluding tert-OH is 1. The van der Waals surface area contributed by atoms with Crippen LogP contribution in [-0.4, -0.2) is 16.7 Å². The van der Waals surface area contributed by atoms with E-state index in [1.165, 1.54) is 0 Å². The number of carbonyl (C=O) groups is 2. The first-order valence-corrected chi connectivity index (χ1v) is 5.66. The maximum absolute atomic E-state index is 13.1. The fourth-order valence-corrected chi connectivity index (χ4v) is 1.89. The fourth-order valence-electron chi connectivity index (χ4n) is 1.89. The van der Waals surface area contributed by atoms with Crippen LogP contribution in [0.15, 0.2) is 17.7 Å². The molecule has 5 heteroatoms. The van der Waals surface area contributed by atoms with E-state index in [2.05, 4.69) is 0 Å². The van der Waals surface area contributed by atoms with E-state index in [4.69, 9.17) is 0 Å². The van der Waals surface area contributed by atoms with E-state index in [0.717, 1.165) is 6.07 Å². The smallest absolute Gasteiger partial charge is 0.201 e. The molecule has 1 aromatic carbocycles. The molecular formula is C14H12F2O3. The van der Waals surface area contributed by atoms with Crippen LogP contribution in [0.3, 0.4) is 0 Å². The highest BCUT2D eigenvalue weighted by atomic mass is 19.2. The largest absolute Gasteiger partial charge is 0.506 e. The average molecular weight is 266 g/mol. The van der Waals surface area contributed by atoms with Gasteiger partial charge in [0.1, 0.15) is 11.3 Å². The van der Waals surface area contributed by atoms with Crippen molar-refractivity contribution in [1.82, 2.24) is 0 Å². The summed E-state index contributed by atoms with van der Waals surface area (Å²) in [4.78, 5) is 24.1. The number of Topliss-reactive ketones (excluding diaryl/α,β-unsaturated/α-hetero) is 2. The zero-order chi connectivity index (χ0) is 14.5. The van der Waals surface area contributed by atoms with E-state index in [0.29, 0.717) is 6.07 Å². The number of ketones is 2. The number of fused-ring (bicyclic) bond motifs is 1. The van der Waals surface area contributed by atoms with Gasteiger partial charge in [-0.25, -0.2) is 8.78 Å². The molecular weight excluding hydrogens is 254 g/mol. The molecule has 0 amide bonds. The third-order valence-corrected chi connectivity index (χ3v) is 2.93. The summed E-state index contributed by atoms with van der Waals surface area (Å²) in [5, 5.41) is 9.91. The summed E-state index contributed by atoms with van der Waals surface area (Å²) in [6, 6.07) is 1.42. The standard InChI is InChI=1S/C14H12F2O3/c1-14(2,3)13(19)10-11(17)6-4-8(15)9(16)5-7(6)12(10)18/h4-5,17H,1-3H3. The highest BCUT2D eigenvalue weighted by Crippen LogP contribution is 2.36. The Morgan fingerprint density at radius 1 is 1.11 bits per heavy atom. The number of hydrogen-bond donors (Lipinski definition) is 1. The van der Waals surface area contributed by atoms with E-state index >= 15 is 0 Å². The SMILES string of the molecule is CC(C)(C)C(=O)C1=C(O)c2cc(F)c(F)cc2C1=O. The van der Waals surface area contributed by atoms with Gasteiger partial charge in [-0.2, -0.15) is 0 Å². The highest BCUT2D eigenvalue weighted by molar-refractivity contribution is 6.35. The van der Waals surface area contributed by atoms with E-state index in [-0.39, 0.29) is 11.1 Å². The lowest BCUT2D eigenvalue weighted by Crippen LogP contribution is -2.25. The zero-order valence-electron chi connectivity index (χ0n) is 10.7. The molecule has 1 aliphatic carbocycles. The van der Waals surface area contributed by atoms with Crippen LogP contribution in [0, 0.1) is 17.0 Å². The Morgan fingerprint density at radius 3 is 2.05 bits per heavy atom.